The first-order valence-electron chi connectivity index (χ1n) is 7.06. The van der Waals surface area contributed by atoms with Gasteiger partial charge in [-0.25, -0.2) is 4.39 Å². The van der Waals surface area contributed by atoms with Gasteiger partial charge in [-0.05, 0) is 41.0 Å². The van der Waals surface area contributed by atoms with E-state index in [0.717, 1.165) is 6.08 Å². The zero-order valence-corrected chi connectivity index (χ0v) is 14.7. The zero-order valence-electron chi connectivity index (χ0n) is 12.5. The Kier molecular flexibility index (Phi) is 5.24. The fourth-order valence-corrected chi connectivity index (χ4v) is 3.35. The minimum atomic E-state index is -4.79. The van der Waals surface area contributed by atoms with Crippen LogP contribution in [-0.4, -0.2) is 34.6 Å². The number of ketones is 1. The number of hydrogen-bond acceptors (Lipinski definition) is 3. The van der Waals surface area contributed by atoms with Gasteiger partial charge in [0.15, 0.2) is 5.78 Å². The Morgan fingerprint density at radius 1 is 1.43 bits per heavy atom. The highest BCUT2D eigenvalue weighted by Gasteiger charge is 2.48. The zero-order chi connectivity index (χ0) is 17.5. The first-order chi connectivity index (χ1) is 10.6. The Morgan fingerprint density at radius 3 is 2.52 bits per heavy atom. The normalized spacial score (nSPS) is 23.8. The van der Waals surface area contributed by atoms with Crippen molar-refractivity contribution in [2.45, 2.75) is 32.5 Å². The molecule has 0 spiro atoms. The molecule has 23 heavy (non-hydrogen) atoms. The SMILES string of the molecule is CC(C)[C@H](CO)N1C=C(C(F)(F)F)C(=O)C2CC(I)=C(F)C=C21. The van der Waals surface area contributed by atoms with E-state index >= 15 is 0 Å². The second-order valence-electron chi connectivity index (χ2n) is 5.88. The topological polar surface area (TPSA) is 40.5 Å². The maximum Gasteiger partial charge on any atom is 0.421 e. The molecule has 8 heteroatoms. The molecule has 3 nitrogen and oxygen atoms in total. The van der Waals surface area contributed by atoms with E-state index in [4.69, 9.17) is 0 Å². The Bertz CT molecular complexity index is 607. The molecule has 1 N–H and O–H groups in total. The van der Waals surface area contributed by atoms with E-state index in [-0.39, 0.29) is 21.6 Å². The van der Waals surface area contributed by atoms with Crippen LogP contribution in [0, 0.1) is 11.8 Å². The fraction of sp³-hybridized carbons (Fsp3) is 0.533. The van der Waals surface area contributed by atoms with E-state index < -0.39 is 41.9 Å². The number of halogens is 5. The fourth-order valence-electron chi connectivity index (χ4n) is 2.76. The highest BCUT2D eigenvalue weighted by Crippen LogP contribution is 2.44. The number of aliphatic hydroxyl groups is 1. The summed E-state index contributed by atoms with van der Waals surface area (Å²) in [6.45, 7) is 3.08. The molecule has 0 amide bonds. The van der Waals surface area contributed by atoms with Crippen LogP contribution in [0.1, 0.15) is 20.3 Å². The quantitative estimate of drug-likeness (QED) is 0.530. The van der Waals surface area contributed by atoms with Crippen molar-refractivity contribution in [1.29, 1.82) is 0 Å². The molecule has 2 atom stereocenters. The number of Topliss-reactive ketones (excluding diaryl/α,β-unsaturated/α-hetero) is 1. The van der Waals surface area contributed by atoms with Crippen molar-refractivity contribution in [1.82, 2.24) is 4.90 Å². The lowest BCUT2D eigenvalue weighted by molar-refractivity contribution is -0.133. The summed E-state index contributed by atoms with van der Waals surface area (Å²) in [5, 5.41) is 9.54. The van der Waals surface area contributed by atoms with Crippen LogP contribution >= 0.6 is 22.6 Å². The molecule has 0 fully saturated rings. The summed E-state index contributed by atoms with van der Waals surface area (Å²) in [6, 6.07) is -0.669. The predicted octanol–water partition coefficient (Wildman–Crippen LogP) is 3.85. The van der Waals surface area contributed by atoms with Crippen LogP contribution in [-0.2, 0) is 4.79 Å². The van der Waals surface area contributed by atoms with E-state index in [1.807, 2.05) is 0 Å². The summed E-state index contributed by atoms with van der Waals surface area (Å²) >= 11 is 1.70. The van der Waals surface area contributed by atoms with Crippen LogP contribution in [0.5, 0.6) is 0 Å². The summed E-state index contributed by atoms with van der Waals surface area (Å²) in [5.41, 5.74) is -1.08. The van der Waals surface area contributed by atoms with Crippen molar-refractivity contribution in [3.8, 4) is 0 Å². The minimum absolute atomic E-state index is 0.1000. The van der Waals surface area contributed by atoms with Crippen LogP contribution in [0.25, 0.3) is 0 Å². The van der Waals surface area contributed by atoms with E-state index in [0.29, 0.717) is 6.20 Å². The largest absolute Gasteiger partial charge is 0.421 e. The standard InChI is InChI=1S/C15H16F4INO2/c1-7(2)13(6-22)21-5-9(15(17,18)19)14(23)8-3-11(20)10(16)4-12(8)21/h4-5,7-8,13,22H,3,6H2,1-2H3/t8?,13-/m0/s1. The molecular weight excluding hydrogens is 429 g/mol. The maximum absolute atomic E-state index is 13.9. The maximum atomic E-state index is 13.9. The number of aliphatic hydroxyl groups excluding tert-OH is 1. The van der Waals surface area contributed by atoms with Gasteiger partial charge < -0.3 is 10.0 Å². The van der Waals surface area contributed by atoms with Crippen LogP contribution in [0.2, 0.25) is 0 Å². The third kappa shape index (κ3) is 3.47. The Balaban J connectivity index is 2.60. The molecule has 1 unspecified atom stereocenters. The lowest BCUT2D eigenvalue weighted by Crippen LogP contribution is -2.46. The molecule has 1 aliphatic heterocycles. The molecule has 0 radical (unpaired) electrons. The summed E-state index contributed by atoms with van der Waals surface area (Å²) in [4.78, 5) is 13.4. The van der Waals surface area contributed by atoms with Crippen LogP contribution in [0.3, 0.4) is 0 Å². The number of carbonyl (C=O) groups excluding carboxylic acids is 1. The van der Waals surface area contributed by atoms with Gasteiger partial charge in [-0.3, -0.25) is 4.79 Å². The van der Waals surface area contributed by atoms with Gasteiger partial charge in [0.2, 0.25) is 0 Å². The van der Waals surface area contributed by atoms with Gasteiger partial charge in [-0.2, -0.15) is 13.2 Å². The van der Waals surface area contributed by atoms with Gasteiger partial charge in [-0.15, -0.1) is 0 Å². The van der Waals surface area contributed by atoms with Gasteiger partial charge in [0, 0.05) is 15.5 Å². The first-order valence-corrected chi connectivity index (χ1v) is 8.14. The van der Waals surface area contributed by atoms with E-state index in [1.165, 1.54) is 4.90 Å². The second-order valence-corrected chi connectivity index (χ2v) is 7.19. The monoisotopic (exact) mass is 445 g/mol. The van der Waals surface area contributed by atoms with E-state index in [1.54, 1.807) is 36.4 Å². The third-order valence-electron chi connectivity index (χ3n) is 4.04. The molecule has 0 saturated carbocycles. The smallest absolute Gasteiger partial charge is 0.394 e. The van der Waals surface area contributed by atoms with Gasteiger partial charge >= 0.3 is 6.18 Å². The summed E-state index contributed by atoms with van der Waals surface area (Å²) < 4.78 is 53.7. The average molecular weight is 445 g/mol. The molecule has 0 aromatic heterocycles. The van der Waals surface area contributed by atoms with Crippen LogP contribution < -0.4 is 0 Å². The number of carbonyl (C=O) groups is 1. The highest BCUT2D eigenvalue weighted by atomic mass is 127. The Morgan fingerprint density at radius 2 is 2.04 bits per heavy atom. The summed E-state index contributed by atoms with van der Waals surface area (Å²) in [6.07, 6.45) is -3.08. The van der Waals surface area contributed by atoms with Crippen molar-refractivity contribution < 1.29 is 27.5 Å². The molecule has 0 aromatic carbocycles. The highest BCUT2D eigenvalue weighted by molar-refractivity contribution is 14.1. The lowest BCUT2D eigenvalue weighted by atomic mass is 9.83. The second kappa shape index (κ2) is 6.54. The van der Waals surface area contributed by atoms with Crippen LogP contribution in [0.4, 0.5) is 17.6 Å². The van der Waals surface area contributed by atoms with Gasteiger partial charge in [0.25, 0.3) is 0 Å². The molecule has 0 bridgehead atoms. The number of alkyl halides is 3. The van der Waals surface area contributed by atoms with Crippen molar-refractivity contribution in [2.24, 2.45) is 11.8 Å². The van der Waals surface area contributed by atoms with Crippen molar-refractivity contribution in [3.05, 3.63) is 33.0 Å². The minimum Gasteiger partial charge on any atom is -0.394 e. The molecule has 1 aliphatic carbocycles. The molecule has 128 valence electrons. The summed E-state index contributed by atoms with van der Waals surface area (Å²) in [5.74, 6) is -2.87. The molecule has 2 aliphatic rings. The molecule has 0 aromatic rings. The predicted molar refractivity (Wildman–Crippen MR) is 85.0 cm³/mol. The van der Waals surface area contributed by atoms with Crippen molar-refractivity contribution in [2.75, 3.05) is 6.61 Å². The number of rotatable bonds is 3. The van der Waals surface area contributed by atoms with E-state index in [9.17, 15) is 27.5 Å². The number of hydrogen-bond donors (Lipinski definition) is 1. The number of nitrogens with zero attached hydrogens (tertiary/aromatic N) is 1. The van der Waals surface area contributed by atoms with Gasteiger partial charge in [0.05, 0.1) is 18.6 Å². The van der Waals surface area contributed by atoms with Crippen LogP contribution in [0.15, 0.2) is 33.0 Å². The number of fused-ring (bicyclic) bond motifs is 1. The Labute approximate surface area is 144 Å². The molecule has 1 heterocycles. The van der Waals surface area contributed by atoms with Gasteiger partial charge in [-0.1, -0.05) is 13.8 Å². The number of allylic oxidation sites excluding steroid dienone is 5. The molecule has 0 saturated heterocycles. The van der Waals surface area contributed by atoms with Gasteiger partial charge in [0.1, 0.15) is 11.4 Å². The van der Waals surface area contributed by atoms with Crippen molar-refractivity contribution in [3.63, 3.8) is 0 Å². The Hall–Kier alpha value is -0.900. The third-order valence-corrected chi connectivity index (χ3v) is 5.00. The lowest BCUT2D eigenvalue weighted by Gasteiger charge is -2.42. The summed E-state index contributed by atoms with van der Waals surface area (Å²) in [7, 11) is 0. The van der Waals surface area contributed by atoms with Crippen molar-refractivity contribution >= 4 is 28.4 Å². The van der Waals surface area contributed by atoms with E-state index in [2.05, 4.69) is 0 Å². The average Bonchev–Trinajstić information content (AvgIpc) is 2.42. The molecule has 2 rings (SSSR count). The first kappa shape index (κ1) is 18.4. The molecular formula is C15H16F4INO2.